The highest BCUT2D eigenvalue weighted by Crippen LogP contribution is 2.39. The van der Waals surface area contributed by atoms with Crippen molar-refractivity contribution in [2.45, 2.75) is 18.8 Å². The number of halogens is 1. The number of hydrogen-bond acceptors (Lipinski definition) is 4. The molecule has 1 aromatic heterocycles. The van der Waals surface area contributed by atoms with E-state index in [2.05, 4.69) is 21.3 Å². The molecule has 0 aliphatic heterocycles. The molecule has 1 heterocycles. The molecule has 2 rings (SSSR count). The highest BCUT2D eigenvalue weighted by atomic mass is 35.5. The molecular weight excluding hydrogens is 206 g/mol. The quantitative estimate of drug-likeness (QED) is 0.839. The van der Waals surface area contributed by atoms with Gasteiger partial charge in [-0.05, 0) is 12.8 Å². The van der Waals surface area contributed by atoms with Crippen LogP contribution in [0.25, 0.3) is 0 Å². The second kappa shape index (κ2) is 3.64. The second-order valence-corrected chi connectivity index (χ2v) is 4.39. The van der Waals surface area contributed by atoms with Crippen molar-refractivity contribution in [2.24, 2.45) is 0 Å². The van der Waals surface area contributed by atoms with E-state index >= 15 is 0 Å². The van der Waals surface area contributed by atoms with Gasteiger partial charge in [-0.25, -0.2) is 4.98 Å². The third-order valence-corrected chi connectivity index (χ3v) is 2.64. The van der Waals surface area contributed by atoms with Gasteiger partial charge in [0.1, 0.15) is 5.82 Å². The van der Waals surface area contributed by atoms with Crippen LogP contribution in [-0.2, 0) is 0 Å². The maximum absolute atomic E-state index is 5.61. The molecule has 0 aromatic carbocycles. The zero-order valence-electron chi connectivity index (χ0n) is 7.09. The first-order chi connectivity index (χ1) is 6.25. The predicted octanol–water partition coefficient (Wildman–Crippen LogP) is 2.58. The molecule has 0 atom stereocenters. The average Bonchev–Trinajstić information content (AvgIpc) is 2.83. The Labute approximate surface area is 86.0 Å². The summed E-state index contributed by atoms with van der Waals surface area (Å²) >= 11 is 7.00. The van der Waals surface area contributed by atoms with E-state index in [-0.39, 0.29) is 0 Å². The molecule has 5 heteroatoms. The van der Waals surface area contributed by atoms with Gasteiger partial charge in [-0.15, -0.1) is 0 Å². The SMILES string of the molecule is C=C(Cl)CNc1nc(C2CC2)ns1. The predicted molar refractivity (Wildman–Crippen MR) is 55.4 cm³/mol. The summed E-state index contributed by atoms with van der Waals surface area (Å²) in [5, 5.41) is 4.48. The Morgan fingerprint density at radius 2 is 2.46 bits per heavy atom. The van der Waals surface area contributed by atoms with Crippen molar-refractivity contribution >= 4 is 28.3 Å². The van der Waals surface area contributed by atoms with Crippen LogP contribution in [0.1, 0.15) is 24.6 Å². The molecule has 0 amide bonds. The van der Waals surface area contributed by atoms with Gasteiger partial charge in [-0.2, -0.15) is 4.37 Å². The van der Waals surface area contributed by atoms with Crippen molar-refractivity contribution in [1.82, 2.24) is 9.36 Å². The van der Waals surface area contributed by atoms with E-state index in [4.69, 9.17) is 11.6 Å². The van der Waals surface area contributed by atoms with Crippen molar-refractivity contribution < 1.29 is 0 Å². The number of aromatic nitrogens is 2. The summed E-state index contributed by atoms with van der Waals surface area (Å²) in [4.78, 5) is 4.34. The maximum Gasteiger partial charge on any atom is 0.202 e. The summed E-state index contributed by atoms with van der Waals surface area (Å²) in [6.07, 6.45) is 2.47. The van der Waals surface area contributed by atoms with Gasteiger partial charge in [-0.1, -0.05) is 18.2 Å². The van der Waals surface area contributed by atoms with Crippen LogP contribution in [0, 0.1) is 0 Å². The molecule has 0 spiro atoms. The minimum atomic E-state index is 0.556. The van der Waals surface area contributed by atoms with Gasteiger partial charge in [0.15, 0.2) is 0 Å². The average molecular weight is 216 g/mol. The Balaban J connectivity index is 1.92. The number of nitrogens with zero attached hydrogens (tertiary/aromatic N) is 2. The summed E-state index contributed by atoms with van der Waals surface area (Å²) in [5.41, 5.74) is 0. The molecule has 1 aromatic rings. The highest BCUT2D eigenvalue weighted by Gasteiger charge is 2.27. The van der Waals surface area contributed by atoms with Crippen molar-refractivity contribution in [1.29, 1.82) is 0 Å². The number of rotatable bonds is 4. The molecule has 13 heavy (non-hydrogen) atoms. The van der Waals surface area contributed by atoms with Gasteiger partial charge in [0.2, 0.25) is 5.13 Å². The number of nitrogens with one attached hydrogen (secondary N) is 1. The Kier molecular flexibility index (Phi) is 2.51. The molecule has 1 saturated carbocycles. The third-order valence-electron chi connectivity index (χ3n) is 1.82. The number of hydrogen-bond donors (Lipinski definition) is 1. The van der Waals surface area contributed by atoms with Crippen LogP contribution in [-0.4, -0.2) is 15.9 Å². The van der Waals surface area contributed by atoms with E-state index < -0.39 is 0 Å². The minimum Gasteiger partial charge on any atom is -0.355 e. The molecule has 0 radical (unpaired) electrons. The summed E-state index contributed by atoms with van der Waals surface area (Å²) in [7, 11) is 0. The summed E-state index contributed by atoms with van der Waals surface area (Å²) in [6.45, 7) is 4.14. The van der Waals surface area contributed by atoms with Gasteiger partial charge in [0.25, 0.3) is 0 Å². The Morgan fingerprint density at radius 1 is 1.69 bits per heavy atom. The zero-order valence-corrected chi connectivity index (χ0v) is 8.66. The zero-order chi connectivity index (χ0) is 9.26. The molecule has 0 saturated heterocycles. The van der Waals surface area contributed by atoms with E-state index in [0.717, 1.165) is 11.0 Å². The molecule has 1 fully saturated rings. The van der Waals surface area contributed by atoms with Crippen LogP contribution >= 0.6 is 23.1 Å². The van der Waals surface area contributed by atoms with Gasteiger partial charge < -0.3 is 5.32 Å². The maximum atomic E-state index is 5.61. The first-order valence-corrected chi connectivity index (χ1v) is 5.31. The van der Waals surface area contributed by atoms with Crippen molar-refractivity contribution in [3.05, 3.63) is 17.4 Å². The van der Waals surface area contributed by atoms with Crippen LogP contribution in [0.15, 0.2) is 11.6 Å². The molecule has 3 nitrogen and oxygen atoms in total. The van der Waals surface area contributed by atoms with E-state index in [1.807, 2.05) is 0 Å². The normalized spacial score (nSPS) is 15.8. The summed E-state index contributed by atoms with van der Waals surface area (Å²) < 4.78 is 4.25. The standard InChI is InChI=1S/C8H10ClN3S/c1-5(9)4-10-8-11-7(12-13-8)6-2-3-6/h6H,1-4H2,(H,10,11,12). The van der Waals surface area contributed by atoms with Crippen molar-refractivity contribution in [3.63, 3.8) is 0 Å². The monoisotopic (exact) mass is 215 g/mol. The fraction of sp³-hybridized carbons (Fsp3) is 0.500. The van der Waals surface area contributed by atoms with Crippen LogP contribution < -0.4 is 5.32 Å². The van der Waals surface area contributed by atoms with Gasteiger partial charge in [0.05, 0.1) is 6.54 Å². The first kappa shape index (κ1) is 8.97. The molecule has 0 unspecified atom stereocenters. The molecule has 70 valence electrons. The largest absolute Gasteiger partial charge is 0.355 e. The van der Waals surface area contributed by atoms with Gasteiger partial charge in [-0.3, -0.25) is 0 Å². The van der Waals surface area contributed by atoms with Crippen molar-refractivity contribution in [3.8, 4) is 0 Å². The fourth-order valence-corrected chi connectivity index (χ4v) is 1.69. The topological polar surface area (TPSA) is 37.8 Å². The lowest BCUT2D eigenvalue weighted by molar-refractivity contribution is 0.984. The summed E-state index contributed by atoms with van der Waals surface area (Å²) in [6, 6.07) is 0. The highest BCUT2D eigenvalue weighted by molar-refractivity contribution is 7.09. The lowest BCUT2D eigenvalue weighted by atomic mass is 10.4. The van der Waals surface area contributed by atoms with Crippen LogP contribution in [0.5, 0.6) is 0 Å². The second-order valence-electron chi connectivity index (χ2n) is 3.10. The van der Waals surface area contributed by atoms with E-state index in [1.165, 1.54) is 24.4 Å². The Morgan fingerprint density at radius 3 is 3.08 bits per heavy atom. The molecule has 1 aliphatic rings. The van der Waals surface area contributed by atoms with E-state index in [9.17, 15) is 0 Å². The smallest absolute Gasteiger partial charge is 0.202 e. The van der Waals surface area contributed by atoms with Crippen LogP contribution in [0.4, 0.5) is 5.13 Å². The van der Waals surface area contributed by atoms with E-state index in [0.29, 0.717) is 17.5 Å². The van der Waals surface area contributed by atoms with Crippen LogP contribution in [0.3, 0.4) is 0 Å². The summed E-state index contributed by atoms with van der Waals surface area (Å²) in [5.74, 6) is 1.60. The lowest BCUT2D eigenvalue weighted by Crippen LogP contribution is -2.00. The lowest BCUT2D eigenvalue weighted by Gasteiger charge is -1.97. The molecule has 1 aliphatic carbocycles. The molecular formula is C8H10ClN3S. The number of anilines is 1. The molecule has 0 bridgehead atoms. The fourth-order valence-electron chi connectivity index (χ4n) is 0.986. The first-order valence-electron chi connectivity index (χ1n) is 4.16. The Bertz CT molecular complexity index is 319. The van der Waals surface area contributed by atoms with Gasteiger partial charge >= 0.3 is 0 Å². The third kappa shape index (κ3) is 2.42. The van der Waals surface area contributed by atoms with E-state index in [1.54, 1.807) is 0 Å². The Hall–Kier alpha value is -0.610. The van der Waals surface area contributed by atoms with Crippen LogP contribution in [0.2, 0.25) is 0 Å². The van der Waals surface area contributed by atoms with Crippen molar-refractivity contribution in [2.75, 3.05) is 11.9 Å². The molecule has 1 N–H and O–H groups in total. The van der Waals surface area contributed by atoms with Gasteiger partial charge in [0, 0.05) is 22.5 Å². The minimum absolute atomic E-state index is 0.556.